The van der Waals surface area contributed by atoms with Gasteiger partial charge in [-0.25, -0.2) is 13.8 Å². The van der Waals surface area contributed by atoms with Gasteiger partial charge in [-0.1, -0.05) is 12.1 Å². The number of H-pyrrole nitrogens is 1. The molecule has 2 N–H and O–H groups in total. The highest BCUT2D eigenvalue weighted by Crippen LogP contribution is 2.17. The van der Waals surface area contributed by atoms with Crippen LogP contribution in [0.5, 0.6) is 0 Å². The van der Waals surface area contributed by atoms with Crippen LogP contribution < -0.4 is 5.32 Å². The number of nitrogens with one attached hydrogen (secondary N) is 2. The lowest BCUT2D eigenvalue weighted by Gasteiger charge is -2.04. The Balaban J connectivity index is 1.58. The van der Waals surface area contributed by atoms with E-state index in [4.69, 9.17) is 0 Å². The summed E-state index contributed by atoms with van der Waals surface area (Å²) in [6.07, 6.45) is 3.80. The molecular formula is C16H15F2N3. The van der Waals surface area contributed by atoms with Crippen molar-refractivity contribution in [3.05, 3.63) is 65.5 Å². The molecule has 0 unspecified atom stereocenters. The molecule has 0 aliphatic carbocycles. The summed E-state index contributed by atoms with van der Waals surface area (Å²) in [7, 11) is 0. The third-order valence-corrected chi connectivity index (χ3v) is 3.37. The number of aromatic amines is 1. The number of aromatic nitrogens is 2. The second kappa shape index (κ2) is 6.01. The van der Waals surface area contributed by atoms with Crippen LogP contribution in [0.3, 0.4) is 0 Å². The van der Waals surface area contributed by atoms with Crippen LogP contribution in [-0.2, 0) is 13.0 Å². The molecule has 0 radical (unpaired) electrons. The van der Waals surface area contributed by atoms with Crippen LogP contribution in [0.15, 0.2) is 42.7 Å². The van der Waals surface area contributed by atoms with Crippen LogP contribution in [-0.4, -0.2) is 16.5 Å². The molecule has 0 spiro atoms. The van der Waals surface area contributed by atoms with E-state index in [0.29, 0.717) is 12.2 Å². The van der Waals surface area contributed by atoms with Gasteiger partial charge in [-0.3, -0.25) is 0 Å². The van der Waals surface area contributed by atoms with Gasteiger partial charge in [0.15, 0.2) is 0 Å². The van der Waals surface area contributed by atoms with Crippen molar-refractivity contribution in [2.75, 3.05) is 6.54 Å². The third kappa shape index (κ3) is 3.25. The van der Waals surface area contributed by atoms with E-state index in [0.717, 1.165) is 29.5 Å². The minimum atomic E-state index is -0.337. The van der Waals surface area contributed by atoms with Crippen molar-refractivity contribution >= 4 is 11.0 Å². The van der Waals surface area contributed by atoms with Gasteiger partial charge < -0.3 is 10.3 Å². The number of rotatable bonds is 5. The molecule has 0 atom stereocenters. The SMILES string of the molecule is Fc1cccc(CNCCc2c[nH]c3ncc(F)cc23)c1. The van der Waals surface area contributed by atoms with Crippen LogP contribution in [0, 0.1) is 11.6 Å². The van der Waals surface area contributed by atoms with Crippen LogP contribution in [0.4, 0.5) is 8.78 Å². The Labute approximate surface area is 121 Å². The molecule has 2 aromatic heterocycles. The number of nitrogens with zero attached hydrogens (tertiary/aromatic N) is 1. The molecule has 3 aromatic rings. The zero-order chi connectivity index (χ0) is 14.7. The fourth-order valence-electron chi connectivity index (χ4n) is 2.34. The van der Waals surface area contributed by atoms with Gasteiger partial charge in [0.25, 0.3) is 0 Å². The van der Waals surface area contributed by atoms with E-state index in [2.05, 4.69) is 15.3 Å². The lowest BCUT2D eigenvalue weighted by atomic mass is 10.1. The number of fused-ring (bicyclic) bond motifs is 1. The zero-order valence-corrected chi connectivity index (χ0v) is 11.4. The van der Waals surface area contributed by atoms with E-state index < -0.39 is 0 Å². The quantitative estimate of drug-likeness (QED) is 0.708. The maximum atomic E-state index is 13.2. The minimum Gasteiger partial charge on any atom is -0.346 e. The first-order valence-corrected chi connectivity index (χ1v) is 6.79. The summed E-state index contributed by atoms with van der Waals surface area (Å²) in [4.78, 5) is 7.02. The second-order valence-corrected chi connectivity index (χ2v) is 4.92. The lowest BCUT2D eigenvalue weighted by Crippen LogP contribution is -2.16. The fourth-order valence-corrected chi connectivity index (χ4v) is 2.34. The second-order valence-electron chi connectivity index (χ2n) is 4.92. The van der Waals surface area contributed by atoms with Crippen molar-refractivity contribution in [1.82, 2.24) is 15.3 Å². The Hall–Kier alpha value is -2.27. The zero-order valence-electron chi connectivity index (χ0n) is 11.4. The van der Waals surface area contributed by atoms with E-state index in [1.165, 1.54) is 24.4 Å². The van der Waals surface area contributed by atoms with Crippen LogP contribution in [0.2, 0.25) is 0 Å². The number of hydrogen-bond donors (Lipinski definition) is 2. The molecular weight excluding hydrogens is 272 g/mol. The first kappa shape index (κ1) is 13.7. The van der Waals surface area contributed by atoms with Crippen LogP contribution in [0.25, 0.3) is 11.0 Å². The van der Waals surface area contributed by atoms with Crippen molar-refractivity contribution in [2.24, 2.45) is 0 Å². The molecule has 108 valence electrons. The predicted octanol–water partition coefficient (Wildman–Crippen LogP) is 3.17. The summed E-state index contributed by atoms with van der Waals surface area (Å²) in [5.74, 6) is -0.566. The standard InChI is InChI=1S/C16H15F2N3/c17-13-3-1-2-11(6-13)8-19-5-4-12-9-20-16-15(12)7-14(18)10-21-16/h1-3,6-7,9-10,19H,4-5,8H2,(H,20,21). The number of halogens is 2. The summed E-state index contributed by atoms with van der Waals surface area (Å²) < 4.78 is 26.3. The molecule has 1 aromatic carbocycles. The molecule has 0 saturated carbocycles. The minimum absolute atomic E-state index is 0.229. The van der Waals surface area contributed by atoms with Crippen molar-refractivity contribution in [2.45, 2.75) is 13.0 Å². The Morgan fingerprint density at radius 2 is 2.05 bits per heavy atom. The van der Waals surface area contributed by atoms with Crippen molar-refractivity contribution in [3.8, 4) is 0 Å². The normalized spacial score (nSPS) is 11.1. The van der Waals surface area contributed by atoms with Gasteiger partial charge in [0, 0.05) is 18.1 Å². The first-order valence-electron chi connectivity index (χ1n) is 6.79. The molecule has 0 aliphatic heterocycles. The van der Waals surface area contributed by atoms with E-state index in [9.17, 15) is 8.78 Å². The lowest BCUT2D eigenvalue weighted by molar-refractivity contribution is 0.620. The molecule has 0 amide bonds. The molecule has 0 saturated heterocycles. The monoisotopic (exact) mass is 287 g/mol. The van der Waals surface area contributed by atoms with Crippen LogP contribution >= 0.6 is 0 Å². The van der Waals surface area contributed by atoms with Crippen molar-refractivity contribution in [3.63, 3.8) is 0 Å². The highest BCUT2D eigenvalue weighted by atomic mass is 19.1. The summed E-state index contributed by atoms with van der Waals surface area (Å²) in [5, 5.41) is 4.06. The van der Waals surface area contributed by atoms with E-state index in [1.807, 2.05) is 12.3 Å². The molecule has 5 heteroatoms. The van der Waals surface area contributed by atoms with E-state index in [1.54, 1.807) is 6.07 Å². The Bertz CT molecular complexity index is 752. The average molecular weight is 287 g/mol. The van der Waals surface area contributed by atoms with Gasteiger partial charge in [0.1, 0.15) is 17.3 Å². The summed E-state index contributed by atoms with van der Waals surface area (Å²) >= 11 is 0. The Morgan fingerprint density at radius 3 is 2.90 bits per heavy atom. The Morgan fingerprint density at radius 1 is 1.14 bits per heavy atom. The largest absolute Gasteiger partial charge is 0.346 e. The smallest absolute Gasteiger partial charge is 0.142 e. The number of hydrogen-bond acceptors (Lipinski definition) is 2. The van der Waals surface area contributed by atoms with Crippen molar-refractivity contribution < 1.29 is 8.78 Å². The topological polar surface area (TPSA) is 40.7 Å². The number of pyridine rings is 1. The summed E-state index contributed by atoms with van der Waals surface area (Å²) in [6, 6.07) is 8.00. The van der Waals surface area contributed by atoms with Gasteiger partial charge >= 0.3 is 0 Å². The maximum absolute atomic E-state index is 13.2. The predicted molar refractivity (Wildman–Crippen MR) is 77.9 cm³/mol. The number of benzene rings is 1. The van der Waals surface area contributed by atoms with E-state index >= 15 is 0 Å². The molecule has 0 bridgehead atoms. The van der Waals surface area contributed by atoms with Gasteiger partial charge in [0.2, 0.25) is 0 Å². The summed E-state index contributed by atoms with van der Waals surface area (Å²) in [5.41, 5.74) is 2.61. The van der Waals surface area contributed by atoms with Gasteiger partial charge in [0.05, 0.1) is 6.20 Å². The summed E-state index contributed by atoms with van der Waals surface area (Å²) in [6.45, 7) is 1.33. The molecule has 2 heterocycles. The van der Waals surface area contributed by atoms with Gasteiger partial charge in [-0.05, 0) is 42.3 Å². The highest BCUT2D eigenvalue weighted by Gasteiger charge is 2.05. The Kier molecular flexibility index (Phi) is 3.92. The third-order valence-electron chi connectivity index (χ3n) is 3.37. The molecule has 21 heavy (non-hydrogen) atoms. The highest BCUT2D eigenvalue weighted by molar-refractivity contribution is 5.79. The molecule has 3 nitrogen and oxygen atoms in total. The average Bonchev–Trinajstić information content (AvgIpc) is 2.86. The molecule has 0 fully saturated rings. The van der Waals surface area contributed by atoms with E-state index in [-0.39, 0.29) is 11.6 Å². The molecule has 3 rings (SSSR count). The maximum Gasteiger partial charge on any atom is 0.142 e. The van der Waals surface area contributed by atoms with Gasteiger partial charge in [-0.15, -0.1) is 0 Å². The van der Waals surface area contributed by atoms with Crippen LogP contribution in [0.1, 0.15) is 11.1 Å². The first-order chi connectivity index (χ1) is 10.2. The van der Waals surface area contributed by atoms with Gasteiger partial charge in [-0.2, -0.15) is 0 Å². The molecule has 0 aliphatic rings. The van der Waals surface area contributed by atoms with Crippen molar-refractivity contribution in [1.29, 1.82) is 0 Å². The fraction of sp³-hybridized carbons (Fsp3) is 0.188.